The van der Waals surface area contributed by atoms with Crippen molar-refractivity contribution < 1.29 is 28.2 Å². The molecule has 41 heavy (non-hydrogen) atoms. The average molecular weight is 564 g/mol. The fraction of sp³-hybridized carbons (Fsp3) is 0.344. The van der Waals surface area contributed by atoms with Crippen LogP contribution < -0.4 is 16.0 Å². The van der Waals surface area contributed by atoms with Gasteiger partial charge in [-0.1, -0.05) is 35.9 Å². The van der Waals surface area contributed by atoms with E-state index in [1.807, 2.05) is 53.7 Å². The number of ether oxygens (including phenoxy) is 2. The molecular formula is C32H38FN3O5. The van der Waals surface area contributed by atoms with Crippen molar-refractivity contribution >= 4 is 29.3 Å². The van der Waals surface area contributed by atoms with Gasteiger partial charge in [0.2, 0.25) is 0 Å². The van der Waals surface area contributed by atoms with Crippen LogP contribution in [0, 0.1) is 26.6 Å². The van der Waals surface area contributed by atoms with E-state index in [0.29, 0.717) is 16.8 Å². The third-order valence-corrected chi connectivity index (χ3v) is 6.34. The Bertz CT molecular complexity index is 1420. The zero-order chi connectivity index (χ0) is 30.5. The molecular weight excluding hydrogens is 525 g/mol. The van der Waals surface area contributed by atoms with Crippen LogP contribution in [0.2, 0.25) is 0 Å². The summed E-state index contributed by atoms with van der Waals surface area (Å²) in [6.45, 7) is 12.9. The lowest BCUT2D eigenvalue weighted by atomic mass is 10.0. The first kappa shape index (κ1) is 31.3. The Kier molecular flexibility index (Phi) is 9.88. The molecule has 0 aliphatic rings. The van der Waals surface area contributed by atoms with Crippen LogP contribution >= 0.6 is 0 Å². The molecule has 0 radical (unpaired) electrons. The maximum Gasteiger partial charge on any atom is 0.331 e. The molecule has 3 amide bonds. The molecule has 0 fully saturated rings. The highest BCUT2D eigenvalue weighted by Gasteiger charge is 2.32. The van der Waals surface area contributed by atoms with E-state index in [1.165, 1.54) is 25.3 Å². The molecule has 0 spiro atoms. The smallest absolute Gasteiger partial charge is 0.331 e. The number of rotatable bonds is 8. The third-order valence-electron chi connectivity index (χ3n) is 6.34. The SMILES string of the molecule is COC(=O)[C@@H](NC(=O)c1ccc(-c2cccc(F)c2)cc1NC(=O)Nc1c(C)cc(C)cc1C)C(C)OC(C)(C)C. The molecule has 3 aromatic rings. The molecule has 3 rings (SSSR count). The summed E-state index contributed by atoms with van der Waals surface area (Å²) >= 11 is 0. The Morgan fingerprint density at radius 3 is 2.10 bits per heavy atom. The summed E-state index contributed by atoms with van der Waals surface area (Å²) in [4.78, 5) is 39.3. The van der Waals surface area contributed by atoms with Crippen molar-refractivity contribution in [1.29, 1.82) is 0 Å². The zero-order valence-electron chi connectivity index (χ0n) is 24.8. The molecule has 2 atom stereocenters. The molecule has 3 aromatic carbocycles. The van der Waals surface area contributed by atoms with Gasteiger partial charge < -0.3 is 25.4 Å². The van der Waals surface area contributed by atoms with Crippen LogP contribution in [-0.2, 0) is 14.3 Å². The van der Waals surface area contributed by atoms with Crippen molar-refractivity contribution in [3.8, 4) is 11.1 Å². The van der Waals surface area contributed by atoms with Gasteiger partial charge in [-0.05, 0) is 95.0 Å². The summed E-state index contributed by atoms with van der Waals surface area (Å²) in [5.41, 5.74) is 4.30. The second-order valence-electron chi connectivity index (χ2n) is 11.0. The molecule has 218 valence electrons. The minimum Gasteiger partial charge on any atom is -0.467 e. The highest BCUT2D eigenvalue weighted by Crippen LogP contribution is 2.28. The van der Waals surface area contributed by atoms with Crippen molar-refractivity contribution in [2.75, 3.05) is 17.7 Å². The van der Waals surface area contributed by atoms with Crippen molar-refractivity contribution in [3.05, 3.63) is 82.7 Å². The van der Waals surface area contributed by atoms with Crippen LogP contribution in [0.5, 0.6) is 0 Å². The normalized spacial score (nSPS) is 12.7. The van der Waals surface area contributed by atoms with E-state index in [-0.39, 0.29) is 11.3 Å². The van der Waals surface area contributed by atoms with E-state index in [2.05, 4.69) is 16.0 Å². The van der Waals surface area contributed by atoms with Gasteiger partial charge in [0.25, 0.3) is 5.91 Å². The number of carbonyl (C=O) groups is 3. The largest absolute Gasteiger partial charge is 0.467 e. The molecule has 0 aliphatic carbocycles. The first-order valence-electron chi connectivity index (χ1n) is 13.3. The predicted octanol–water partition coefficient (Wildman–Crippen LogP) is 6.54. The second kappa shape index (κ2) is 13.0. The monoisotopic (exact) mass is 563 g/mol. The molecule has 0 saturated heterocycles. The van der Waals surface area contributed by atoms with Gasteiger partial charge in [-0.15, -0.1) is 0 Å². The lowest BCUT2D eigenvalue weighted by Crippen LogP contribution is -2.51. The summed E-state index contributed by atoms with van der Waals surface area (Å²) in [6.07, 6.45) is -0.717. The van der Waals surface area contributed by atoms with Crippen LogP contribution in [-0.4, -0.2) is 42.8 Å². The molecule has 0 aromatic heterocycles. The Hall–Kier alpha value is -4.24. The van der Waals surface area contributed by atoms with E-state index in [1.54, 1.807) is 31.2 Å². The van der Waals surface area contributed by atoms with Crippen molar-refractivity contribution in [1.82, 2.24) is 5.32 Å². The topological polar surface area (TPSA) is 106 Å². The number of halogens is 1. The van der Waals surface area contributed by atoms with Crippen LogP contribution in [0.4, 0.5) is 20.6 Å². The van der Waals surface area contributed by atoms with Gasteiger partial charge in [0.1, 0.15) is 5.82 Å². The van der Waals surface area contributed by atoms with Crippen LogP contribution in [0.25, 0.3) is 11.1 Å². The van der Waals surface area contributed by atoms with Crippen LogP contribution in [0.15, 0.2) is 54.6 Å². The summed E-state index contributed by atoms with van der Waals surface area (Å²) in [5, 5.41) is 8.32. The Morgan fingerprint density at radius 1 is 0.878 bits per heavy atom. The molecule has 3 N–H and O–H groups in total. The van der Waals surface area contributed by atoms with Gasteiger partial charge in [-0.25, -0.2) is 14.0 Å². The highest BCUT2D eigenvalue weighted by molar-refractivity contribution is 6.08. The van der Waals surface area contributed by atoms with Crippen molar-refractivity contribution in [2.45, 2.75) is 66.2 Å². The number of nitrogens with one attached hydrogen (secondary N) is 3. The Balaban J connectivity index is 1.98. The first-order valence-corrected chi connectivity index (χ1v) is 13.3. The van der Waals surface area contributed by atoms with Gasteiger partial charge in [0.15, 0.2) is 6.04 Å². The third kappa shape index (κ3) is 8.38. The number of amides is 3. The average Bonchev–Trinajstić information content (AvgIpc) is 2.87. The number of hydrogen-bond acceptors (Lipinski definition) is 5. The van der Waals surface area contributed by atoms with Gasteiger partial charge >= 0.3 is 12.0 Å². The molecule has 0 aliphatic heterocycles. The quantitative estimate of drug-likeness (QED) is 0.270. The second-order valence-corrected chi connectivity index (χ2v) is 11.0. The lowest BCUT2D eigenvalue weighted by Gasteiger charge is -2.30. The van der Waals surface area contributed by atoms with Crippen LogP contribution in [0.1, 0.15) is 54.7 Å². The number of esters is 1. The van der Waals surface area contributed by atoms with Crippen molar-refractivity contribution in [3.63, 3.8) is 0 Å². The summed E-state index contributed by atoms with van der Waals surface area (Å²) < 4.78 is 24.8. The summed E-state index contributed by atoms with van der Waals surface area (Å²) in [6, 6.07) is 13.0. The van der Waals surface area contributed by atoms with Gasteiger partial charge in [-0.3, -0.25) is 4.79 Å². The Labute approximate surface area is 240 Å². The number of methoxy groups -OCH3 is 1. The standard InChI is InChI=1S/C32H38FN3O5/c1-18-14-19(2)27(20(3)15-18)36-31(39)34-26-17-23(22-10-9-11-24(33)16-22)12-13-25(26)29(37)35-28(30(38)40-8)21(4)41-32(5,6)7/h9-17,21,28H,1-8H3,(H,35,37)(H2,34,36,39)/t21?,28-/m0/s1. The molecule has 9 heteroatoms. The molecule has 0 saturated carbocycles. The van der Waals surface area contributed by atoms with E-state index in [4.69, 9.17) is 9.47 Å². The first-order chi connectivity index (χ1) is 19.2. The lowest BCUT2D eigenvalue weighted by molar-refractivity contribution is -0.150. The van der Waals surface area contributed by atoms with E-state index in [0.717, 1.165) is 16.7 Å². The number of urea groups is 1. The maximum absolute atomic E-state index is 14.0. The number of aryl methyl sites for hydroxylation is 3. The van der Waals surface area contributed by atoms with E-state index in [9.17, 15) is 18.8 Å². The summed E-state index contributed by atoms with van der Waals surface area (Å²) in [5.74, 6) is -1.73. The number of benzene rings is 3. The fourth-order valence-corrected chi connectivity index (χ4v) is 4.68. The maximum atomic E-state index is 14.0. The van der Waals surface area contributed by atoms with Gasteiger partial charge in [-0.2, -0.15) is 0 Å². The van der Waals surface area contributed by atoms with E-state index >= 15 is 0 Å². The molecule has 0 heterocycles. The minimum atomic E-state index is -1.12. The van der Waals surface area contributed by atoms with Gasteiger partial charge in [0.05, 0.1) is 30.1 Å². The molecule has 0 bridgehead atoms. The minimum absolute atomic E-state index is 0.0921. The van der Waals surface area contributed by atoms with Crippen molar-refractivity contribution in [2.24, 2.45) is 0 Å². The molecule has 8 nitrogen and oxygen atoms in total. The highest BCUT2D eigenvalue weighted by atomic mass is 19.1. The van der Waals surface area contributed by atoms with Crippen LogP contribution in [0.3, 0.4) is 0 Å². The number of anilines is 2. The van der Waals surface area contributed by atoms with Gasteiger partial charge in [0, 0.05) is 5.69 Å². The fourth-order valence-electron chi connectivity index (χ4n) is 4.68. The molecule has 1 unspecified atom stereocenters. The summed E-state index contributed by atoms with van der Waals surface area (Å²) in [7, 11) is 1.23. The zero-order valence-corrected chi connectivity index (χ0v) is 24.8. The predicted molar refractivity (Wildman–Crippen MR) is 159 cm³/mol. The Morgan fingerprint density at radius 2 is 1.51 bits per heavy atom. The number of hydrogen-bond donors (Lipinski definition) is 3. The van der Waals surface area contributed by atoms with E-state index < -0.39 is 41.5 Å². The number of carbonyl (C=O) groups excluding carboxylic acids is 3.